The molecule has 0 unspecified atom stereocenters. The van der Waals surface area contributed by atoms with Gasteiger partial charge < -0.3 is 14.6 Å². The quantitative estimate of drug-likeness (QED) is 0.759. The summed E-state index contributed by atoms with van der Waals surface area (Å²) < 4.78 is 11.8. The maximum absolute atomic E-state index is 11.4. The van der Waals surface area contributed by atoms with Gasteiger partial charge >= 0.3 is 5.97 Å². The van der Waals surface area contributed by atoms with Crippen molar-refractivity contribution < 1.29 is 19.4 Å². The molecule has 0 radical (unpaired) electrons. The molecule has 0 saturated heterocycles. The fraction of sp³-hybridized carbons (Fsp3) is 0.188. The van der Waals surface area contributed by atoms with Crippen molar-refractivity contribution in [2.45, 2.75) is 12.5 Å². The van der Waals surface area contributed by atoms with Crippen molar-refractivity contribution in [3.05, 3.63) is 57.7 Å². The lowest BCUT2D eigenvalue weighted by atomic mass is 10.1. The zero-order valence-corrected chi connectivity index (χ0v) is 13.6. The fourth-order valence-corrected chi connectivity index (χ4v) is 2.21. The molecule has 0 fully saturated rings. The van der Waals surface area contributed by atoms with Crippen molar-refractivity contribution in [1.82, 2.24) is 0 Å². The van der Waals surface area contributed by atoms with Gasteiger partial charge in [-0.15, -0.1) is 0 Å². The Kier molecular flexibility index (Phi) is 5.44. The van der Waals surface area contributed by atoms with Crippen LogP contribution in [0.2, 0.25) is 0 Å². The van der Waals surface area contributed by atoms with Gasteiger partial charge in [-0.05, 0) is 52.4 Å². The van der Waals surface area contributed by atoms with Crippen molar-refractivity contribution in [3.8, 4) is 11.5 Å². The van der Waals surface area contributed by atoms with Crippen LogP contribution in [0, 0.1) is 3.57 Å². The van der Waals surface area contributed by atoms with Gasteiger partial charge in [-0.25, -0.2) is 4.79 Å². The second kappa shape index (κ2) is 7.31. The van der Waals surface area contributed by atoms with Crippen molar-refractivity contribution in [2.24, 2.45) is 0 Å². The Balaban J connectivity index is 2.11. The van der Waals surface area contributed by atoms with Gasteiger partial charge in [-0.3, -0.25) is 0 Å². The summed E-state index contributed by atoms with van der Waals surface area (Å²) in [6.45, 7) is 0. The molecule has 1 atom stereocenters. The number of carbonyl (C=O) groups is 1. The Morgan fingerprint density at radius 2 is 1.86 bits per heavy atom. The molecule has 0 aliphatic heterocycles. The standard InChI is InChI=1S/C16H15IO4/c1-20-13-3-2-4-14(10-13)21-15(16(18)19)9-11-5-7-12(17)8-6-11/h2-8,10,15H,9H2,1H3,(H,18,19)/t15-/m1/s1. The third-order valence-corrected chi connectivity index (χ3v) is 3.65. The van der Waals surface area contributed by atoms with Crippen LogP contribution in [0.1, 0.15) is 5.56 Å². The minimum atomic E-state index is -0.989. The summed E-state index contributed by atoms with van der Waals surface area (Å²) >= 11 is 2.21. The summed E-state index contributed by atoms with van der Waals surface area (Å²) in [5.74, 6) is 0.120. The van der Waals surface area contributed by atoms with Gasteiger partial charge in [0.15, 0.2) is 6.10 Å². The van der Waals surface area contributed by atoms with E-state index < -0.39 is 12.1 Å². The van der Waals surface area contributed by atoms with Gasteiger partial charge in [-0.2, -0.15) is 0 Å². The van der Waals surface area contributed by atoms with Crippen LogP contribution in [0.3, 0.4) is 0 Å². The van der Waals surface area contributed by atoms with Crippen molar-refractivity contribution >= 4 is 28.6 Å². The van der Waals surface area contributed by atoms with Crippen LogP contribution in [-0.4, -0.2) is 24.3 Å². The van der Waals surface area contributed by atoms with E-state index in [1.54, 1.807) is 31.4 Å². The Morgan fingerprint density at radius 3 is 2.48 bits per heavy atom. The SMILES string of the molecule is COc1cccc(O[C@H](Cc2ccc(I)cc2)C(=O)O)c1. The molecule has 0 bridgehead atoms. The molecule has 2 aromatic rings. The van der Waals surface area contributed by atoms with Gasteiger partial charge in [0, 0.05) is 16.1 Å². The van der Waals surface area contributed by atoms with E-state index in [9.17, 15) is 9.90 Å². The third kappa shape index (κ3) is 4.63. The number of carboxylic acids is 1. The predicted molar refractivity (Wildman–Crippen MR) is 87.9 cm³/mol. The zero-order valence-electron chi connectivity index (χ0n) is 11.5. The molecule has 0 aliphatic rings. The van der Waals surface area contributed by atoms with Gasteiger partial charge in [0.1, 0.15) is 11.5 Å². The van der Waals surface area contributed by atoms with Crippen LogP contribution < -0.4 is 9.47 Å². The first-order valence-corrected chi connectivity index (χ1v) is 7.44. The number of halogens is 1. The van der Waals surface area contributed by atoms with E-state index in [-0.39, 0.29) is 0 Å². The summed E-state index contributed by atoms with van der Waals surface area (Å²) in [5.41, 5.74) is 0.922. The van der Waals surface area contributed by atoms with E-state index in [2.05, 4.69) is 22.6 Å². The molecule has 2 rings (SSSR count). The van der Waals surface area contributed by atoms with Crippen molar-refractivity contribution in [3.63, 3.8) is 0 Å². The summed E-state index contributed by atoms with van der Waals surface area (Å²) in [7, 11) is 1.55. The maximum atomic E-state index is 11.4. The second-order valence-corrected chi connectivity index (χ2v) is 5.70. The summed E-state index contributed by atoms with van der Waals surface area (Å²) in [6, 6.07) is 14.6. The number of hydrogen-bond acceptors (Lipinski definition) is 3. The second-order valence-electron chi connectivity index (χ2n) is 4.45. The molecule has 21 heavy (non-hydrogen) atoms. The topological polar surface area (TPSA) is 55.8 Å². The Labute approximate surface area is 136 Å². The lowest BCUT2D eigenvalue weighted by Gasteiger charge is -2.15. The molecule has 110 valence electrons. The predicted octanol–water partition coefficient (Wildman–Crippen LogP) is 3.37. The molecular formula is C16H15IO4. The molecule has 5 heteroatoms. The Hall–Kier alpha value is -1.76. The van der Waals surface area contributed by atoms with Gasteiger partial charge in [0.25, 0.3) is 0 Å². The molecule has 0 saturated carbocycles. The van der Waals surface area contributed by atoms with Crippen LogP contribution in [0.5, 0.6) is 11.5 Å². The lowest BCUT2D eigenvalue weighted by molar-refractivity contribution is -0.145. The average Bonchev–Trinajstić information content (AvgIpc) is 2.49. The van der Waals surface area contributed by atoms with E-state index in [1.807, 2.05) is 24.3 Å². The van der Waals surface area contributed by atoms with Crippen molar-refractivity contribution in [1.29, 1.82) is 0 Å². The van der Waals surface area contributed by atoms with E-state index in [4.69, 9.17) is 9.47 Å². The smallest absolute Gasteiger partial charge is 0.345 e. The minimum absolute atomic E-state index is 0.309. The number of benzene rings is 2. The third-order valence-electron chi connectivity index (χ3n) is 2.93. The van der Waals surface area contributed by atoms with Crippen LogP contribution in [0.15, 0.2) is 48.5 Å². The highest BCUT2D eigenvalue weighted by molar-refractivity contribution is 14.1. The van der Waals surface area contributed by atoms with Crippen molar-refractivity contribution in [2.75, 3.05) is 7.11 Å². The first-order chi connectivity index (χ1) is 10.1. The molecule has 0 spiro atoms. The summed E-state index contributed by atoms with van der Waals surface area (Å²) in [4.78, 5) is 11.4. The Bertz CT molecular complexity index is 610. The number of rotatable bonds is 6. The normalized spacial score (nSPS) is 11.7. The fourth-order valence-electron chi connectivity index (χ4n) is 1.85. The molecule has 0 aromatic heterocycles. The summed E-state index contributed by atoms with van der Waals surface area (Å²) in [5, 5.41) is 9.32. The molecular weight excluding hydrogens is 383 g/mol. The van der Waals surface area contributed by atoms with Gasteiger partial charge in [0.2, 0.25) is 0 Å². The molecule has 0 heterocycles. The van der Waals surface area contributed by atoms with E-state index in [0.717, 1.165) is 9.13 Å². The monoisotopic (exact) mass is 398 g/mol. The Morgan fingerprint density at radius 1 is 1.19 bits per heavy atom. The highest BCUT2D eigenvalue weighted by Crippen LogP contribution is 2.21. The number of methoxy groups -OCH3 is 1. The van der Waals surface area contributed by atoms with Crippen LogP contribution >= 0.6 is 22.6 Å². The van der Waals surface area contributed by atoms with Crippen LogP contribution in [0.4, 0.5) is 0 Å². The molecule has 0 aliphatic carbocycles. The molecule has 2 aromatic carbocycles. The van der Waals surface area contributed by atoms with Gasteiger partial charge in [0.05, 0.1) is 7.11 Å². The van der Waals surface area contributed by atoms with E-state index in [0.29, 0.717) is 17.9 Å². The zero-order chi connectivity index (χ0) is 15.2. The van der Waals surface area contributed by atoms with Gasteiger partial charge in [-0.1, -0.05) is 18.2 Å². The highest BCUT2D eigenvalue weighted by atomic mass is 127. The molecule has 4 nitrogen and oxygen atoms in total. The number of ether oxygens (including phenoxy) is 2. The number of aliphatic carboxylic acids is 1. The van der Waals surface area contributed by atoms with E-state index >= 15 is 0 Å². The summed E-state index contributed by atoms with van der Waals surface area (Å²) in [6.07, 6.45) is -0.624. The molecule has 0 amide bonds. The minimum Gasteiger partial charge on any atom is -0.497 e. The maximum Gasteiger partial charge on any atom is 0.345 e. The lowest BCUT2D eigenvalue weighted by Crippen LogP contribution is -2.29. The largest absolute Gasteiger partial charge is 0.497 e. The number of carboxylic acid groups (broad SMARTS) is 1. The van der Waals surface area contributed by atoms with Crippen LogP contribution in [-0.2, 0) is 11.2 Å². The molecule has 1 N–H and O–H groups in total. The van der Waals surface area contributed by atoms with Crippen LogP contribution in [0.25, 0.3) is 0 Å². The first kappa shape index (κ1) is 15.6. The average molecular weight is 398 g/mol. The van der Waals surface area contributed by atoms with E-state index in [1.165, 1.54) is 0 Å². The highest BCUT2D eigenvalue weighted by Gasteiger charge is 2.20. The first-order valence-electron chi connectivity index (χ1n) is 6.36. The number of hydrogen-bond donors (Lipinski definition) is 1.